The highest BCUT2D eigenvalue weighted by Gasteiger charge is 2.42. The van der Waals surface area contributed by atoms with Gasteiger partial charge in [0.1, 0.15) is 34.3 Å². The third kappa shape index (κ3) is 5.10. The van der Waals surface area contributed by atoms with Crippen molar-refractivity contribution in [2.45, 2.75) is 58.4 Å². The Morgan fingerprint density at radius 2 is 1.64 bits per heavy atom. The van der Waals surface area contributed by atoms with Gasteiger partial charge in [-0.1, -0.05) is 6.92 Å². The van der Waals surface area contributed by atoms with E-state index in [0.29, 0.717) is 11.5 Å². The maximum Gasteiger partial charge on any atom is 0.340 e. The molecule has 0 amide bonds. The van der Waals surface area contributed by atoms with E-state index in [-0.39, 0.29) is 74.3 Å². The molecule has 3 aliphatic rings. The first-order chi connectivity index (χ1) is 22.3. The second kappa shape index (κ2) is 11.9. The Morgan fingerprint density at radius 3 is 2.30 bits per heavy atom. The minimum absolute atomic E-state index is 0.000985. The number of phenols is 4. The number of phenolic OH excluding ortho intramolecular Hbond substituents is 3. The van der Waals surface area contributed by atoms with E-state index < -0.39 is 51.7 Å². The number of aromatic hydroxyl groups is 4. The summed E-state index contributed by atoms with van der Waals surface area (Å²) in [5, 5.41) is 61.9. The van der Waals surface area contributed by atoms with E-state index in [1.165, 1.54) is 26.3 Å². The van der Waals surface area contributed by atoms with Crippen molar-refractivity contribution in [1.82, 2.24) is 10.7 Å². The van der Waals surface area contributed by atoms with Gasteiger partial charge in [-0.05, 0) is 81.3 Å². The molecule has 0 spiro atoms. The van der Waals surface area contributed by atoms with Crippen LogP contribution in [-0.2, 0) is 12.8 Å². The summed E-state index contributed by atoms with van der Waals surface area (Å²) >= 11 is 5.36. The van der Waals surface area contributed by atoms with Gasteiger partial charge in [-0.15, -0.1) is 0 Å². The fourth-order valence-electron chi connectivity index (χ4n) is 6.95. The molecule has 12 nitrogen and oxygen atoms in total. The smallest absolute Gasteiger partial charge is 0.340 e. The number of nitrogens with zero attached hydrogens (tertiary/aromatic N) is 1. The number of carboxylic acids is 1. The van der Waals surface area contributed by atoms with Crippen molar-refractivity contribution < 1.29 is 44.7 Å². The highest BCUT2D eigenvalue weighted by molar-refractivity contribution is 7.80. The van der Waals surface area contributed by atoms with Crippen LogP contribution in [0.4, 0.5) is 0 Å². The standard InChI is InChI=1S/C34H33N3O9S/c1-13-4-7-17(8-5-13)36-34(47)37-35-12-16-10-15-6-9-18-23(21(15)29(41)22(16)33(44)45)30(42)25-26(32(18)46-3)31(43)24-19(28(25)40)11-20(38)14(2)27(24)39/h10-13,17,38-39,41-42H,4-9H2,1-3H3,(H,44,45)(H2,36,37,47)/b35-12+. The number of hydrogen-bond acceptors (Lipinski definition) is 10. The van der Waals surface area contributed by atoms with Crippen LogP contribution in [0.3, 0.4) is 0 Å². The number of nitrogens with one attached hydrogen (secondary N) is 2. The zero-order chi connectivity index (χ0) is 33.9. The van der Waals surface area contributed by atoms with E-state index in [2.05, 4.69) is 22.8 Å². The molecule has 3 aromatic carbocycles. The number of thiocarbonyl (C=S) groups is 1. The van der Waals surface area contributed by atoms with Crippen LogP contribution in [0.1, 0.15) is 97.1 Å². The Morgan fingerprint density at radius 1 is 0.936 bits per heavy atom. The van der Waals surface area contributed by atoms with Crippen molar-refractivity contribution in [3.05, 3.63) is 62.2 Å². The first-order valence-electron chi connectivity index (χ1n) is 15.2. The second-order valence-electron chi connectivity index (χ2n) is 12.3. The average molecular weight is 660 g/mol. The van der Waals surface area contributed by atoms with Crippen LogP contribution in [0.2, 0.25) is 0 Å². The topological polar surface area (TPSA) is 198 Å². The molecular weight excluding hydrogens is 626 g/mol. The highest BCUT2D eigenvalue weighted by Crippen LogP contribution is 2.54. The summed E-state index contributed by atoms with van der Waals surface area (Å²) in [6.07, 6.45) is 5.83. The van der Waals surface area contributed by atoms with Crippen LogP contribution in [0.15, 0.2) is 17.2 Å². The molecule has 47 heavy (non-hydrogen) atoms. The van der Waals surface area contributed by atoms with E-state index in [4.69, 9.17) is 17.0 Å². The predicted octanol–water partition coefficient (Wildman–Crippen LogP) is 4.44. The fraction of sp³-hybridized carbons (Fsp3) is 0.324. The molecule has 0 aliphatic heterocycles. The minimum Gasteiger partial charge on any atom is -0.508 e. The van der Waals surface area contributed by atoms with Crippen LogP contribution in [0.25, 0.3) is 11.1 Å². The van der Waals surface area contributed by atoms with Gasteiger partial charge >= 0.3 is 5.97 Å². The van der Waals surface area contributed by atoms with Crippen molar-refractivity contribution >= 4 is 41.1 Å². The molecule has 0 unspecified atom stereocenters. The summed E-state index contributed by atoms with van der Waals surface area (Å²) in [7, 11) is 1.28. The van der Waals surface area contributed by atoms with Crippen molar-refractivity contribution in [1.29, 1.82) is 0 Å². The van der Waals surface area contributed by atoms with Crippen LogP contribution in [-0.4, -0.2) is 67.5 Å². The Bertz CT molecular complexity index is 1940. The number of carbonyl (C=O) groups is 3. The van der Waals surface area contributed by atoms with E-state index in [0.717, 1.165) is 31.7 Å². The fourth-order valence-corrected chi connectivity index (χ4v) is 7.17. The summed E-state index contributed by atoms with van der Waals surface area (Å²) in [6, 6.07) is 2.79. The molecule has 0 saturated heterocycles. The number of hydrazone groups is 1. The Hall–Kier alpha value is -5.17. The maximum absolute atomic E-state index is 13.8. The van der Waals surface area contributed by atoms with Crippen LogP contribution in [0.5, 0.6) is 28.7 Å². The number of aromatic carboxylic acids is 1. The highest BCUT2D eigenvalue weighted by atomic mass is 32.1. The molecule has 0 bridgehead atoms. The quantitative estimate of drug-likeness (QED) is 0.0905. The van der Waals surface area contributed by atoms with E-state index in [1.807, 2.05) is 0 Å². The Labute approximate surface area is 274 Å². The molecule has 7 N–H and O–H groups in total. The lowest BCUT2D eigenvalue weighted by atomic mass is 9.74. The van der Waals surface area contributed by atoms with Crippen LogP contribution >= 0.6 is 12.2 Å². The average Bonchev–Trinajstić information content (AvgIpc) is 3.03. The minimum atomic E-state index is -1.47. The molecular formula is C34H33N3O9S. The lowest BCUT2D eigenvalue weighted by molar-refractivity contribution is 0.0693. The molecule has 1 fully saturated rings. The van der Waals surface area contributed by atoms with Crippen molar-refractivity contribution in [3.63, 3.8) is 0 Å². The summed E-state index contributed by atoms with van der Waals surface area (Å²) < 4.78 is 5.62. The number of methoxy groups -OCH3 is 1. The van der Waals surface area contributed by atoms with Gasteiger partial charge in [-0.3, -0.25) is 15.0 Å². The van der Waals surface area contributed by atoms with Crippen LogP contribution in [0, 0.1) is 12.8 Å². The number of ether oxygens (including phenoxy) is 1. The summed E-state index contributed by atoms with van der Waals surface area (Å²) in [5.74, 6) is -4.84. The van der Waals surface area contributed by atoms with Crippen molar-refractivity contribution in [2.75, 3.05) is 7.11 Å². The summed E-state index contributed by atoms with van der Waals surface area (Å²) in [5.41, 5.74) is 1.55. The molecule has 6 rings (SSSR count). The van der Waals surface area contributed by atoms with Gasteiger partial charge in [0.15, 0.2) is 10.9 Å². The van der Waals surface area contributed by atoms with E-state index in [9.17, 15) is 39.9 Å². The lowest BCUT2D eigenvalue weighted by Crippen LogP contribution is -2.41. The number of benzene rings is 3. The SMILES string of the molecule is COc1c2c(c(O)c3c1C(=O)c1c(cc(O)c(C)c1O)C3=O)-c1c(cc(/C=N/NC(=S)NC3CCC(C)CC3)c(C(=O)O)c1O)CC2. The van der Waals surface area contributed by atoms with Gasteiger partial charge in [-0.25, -0.2) is 4.79 Å². The predicted molar refractivity (Wildman–Crippen MR) is 175 cm³/mol. The normalized spacial score (nSPS) is 18.2. The first kappa shape index (κ1) is 31.8. The molecule has 0 aromatic heterocycles. The lowest BCUT2D eigenvalue weighted by Gasteiger charge is -2.30. The van der Waals surface area contributed by atoms with Gasteiger partial charge in [0.2, 0.25) is 5.78 Å². The molecule has 1 saturated carbocycles. The number of carboxylic acid groups (broad SMARTS) is 1. The first-order valence-corrected chi connectivity index (χ1v) is 15.6. The largest absolute Gasteiger partial charge is 0.508 e. The van der Waals surface area contributed by atoms with E-state index in [1.54, 1.807) is 0 Å². The number of carbonyl (C=O) groups excluding carboxylic acids is 2. The molecule has 3 aliphatic carbocycles. The zero-order valence-electron chi connectivity index (χ0n) is 25.9. The molecule has 244 valence electrons. The monoisotopic (exact) mass is 659 g/mol. The van der Waals surface area contributed by atoms with Gasteiger partial charge < -0.3 is 35.6 Å². The molecule has 0 heterocycles. The van der Waals surface area contributed by atoms with Gasteiger partial charge in [0.05, 0.1) is 30.0 Å². The number of fused-ring (bicyclic) bond motifs is 5. The third-order valence-corrected chi connectivity index (χ3v) is 9.63. The molecule has 0 atom stereocenters. The molecule has 13 heteroatoms. The summed E-state index contributed by atoms with van der Waals surface area (Å²) in [4.78, 5) is 40.1. The maximum atomic E-state index is 13.8. The van der Waals surface area contributed by atoms with Crippen molar-refractivity contribution in [2.24, 2.45) is 11.0 Å². The molecule has 0 radical (unpaired) electrons. The second-order valence-corrected chi connectivity index (χ2v) is 12.7. The van der Waals surface area contributed by atoms with E-state index >= 15 is 0 Å². The number of rotatable bonds is 5. The third-order valence-electron chi connectivity index (χ3n) is 9.43. The Kier molecular flexibility index (Phi) is 8.04. The Balaban J connectivity index is 1.43. The molecule has 3 aromatic rings. The number of aryl methyl sites for hydroxylation is 1. The zero-order valence-corrected chi connectivity index (χ0v) is 26.7. The summed E-state index contributed by atoms with van der Waals surface area (Å²) in [6.45, 7) is 3.60. The van der Waals surface area contributed by atoms with Gasteiger partial charge in [-0.2, -0.15) is 5.10 Å². The van der Waals surface area contributed by atoms with Crippen LogP contribution < -0.4 is 15.5 Å². The van der Waals surface area contributed by atoms with Gasteiger partial charge in [0, 0.05) is 39.4 Å². The number of hydrogen-bond donors (Lipinski definition) is 7. The van der Waals surface area contributed by atoms with Gasteiger partial charge in [0.25, 0.3) is 0 Å². The number of ketones is 2. The van der Waals surface area contributed by atoms with Crippen molar-refractivity contribution in [3.8, 4) is 39.9 Å².